The zero-order valence-corrected chi connectivity index (χ0v) is 10.5. The Hall–Kier alpha value is -1.63. The molecule has 0 saturated carbocycles. The van der Waals surface area contributed by atoms with Gasteiger partial charge in [-0.25, -0.2) is 9.78 Å². The van der Waals surface area contributed by atoms with E-state index in [-0.39, 0.29) is 0 Å². The number of carbonyl (C=O) groups is 2. The van der Waals surface area contributed by atoms with Crippen LogP contribution in [0.4, 0.5) is 4.79 Å². The maximum Gasteiger partial charge on any atom is 0.325 e. The van der Waals surface area contributed by atoms with Gasteiger partial charge in [0.2, 0.25) is 0 Å². The van der Waals surface area contributed by atoms with E-state index in [2.05, 4.69) is 15.6 Å². The molecule has 17 heavy (non-hydrogen) atoms. The van der Waals surface area contributed by atoms with Gasteiger partial charge in [0.25, 0.3) is 0 Å². The van der Waals surface area contributed by atoms with Crippen molar-refractivity contribution in [3.05, 3.63) is 16.1 Å². The highest BCUT2D eigenvalue weighted by Crippen LogP contribution is 2.07. The Balaban J connectivity index is 2.22. The van der Waals surface area contributed by atoms with Gasteiger partial charge in [-0.05, 0) is 13.8 Å². The molecule has 3 N–H and O–H groups in total. The summed E-state index contributed by atoms with van der Waals surface area (Å²) in [5, 5.41) is 16.4. The predicted octanol–water partition coefficient (Wildman–Crippen LogP) is 0.766. The standard InChI is InChI=1S/C10H15N3O3S/c1-6(9(14)15)12-10(16)11-4-3-8-5-17-7(2)13-8/h5-6H,3-4H2,1-2H3,(H,14,15)(H2,11,12,16)/t6-/m1/s1. The topological polar surface area (TPSA) is 91.3 Å². The zero-order chi connectivity index (χ0) is 12.8. The summed E-state index contributed by atoms with van der Waals surface area (Å²) in [6.45, 7) is 3.76. The van der Waals surface area contributed by atoms with E-state index >= 15 is 0 Å². The SMILES string of the molecule is Cc1nc(CCNC(=O)N[C@H](C)C(=O)O)cs1. The third kappa shape index (κ3) is 4.81. The molecule has 1 atom stereocenters. The van der Waals surface area contributed by atoms with Crippen molar-refractivity contribution in [1.82, 2.24) is 15.6 Å². The molecule has 1 aromatic rings. The number of carbonyl (C=O) groups excluding carboxylic acids is 1. The summed E-state index contributed by atoms with van der Waals surface area (Å²) in [6, 6.07) is -1.37. The average Bonchev–Trinajstić information content (AvgIpc) is 2.64. The molecule has 0 saturated heterocycles. The van der Waals surface area contributed by atoms with Crippen LogP contribution >= 0.6 is 11.3 Å². The number of thiazole rings is 1. The van der Waals surface area contributed by atoms with E-state index in [9.17, 15) is 9.59 Å². The Bertz CT molecular complexity index is 405. The number of carboxylic acids is 1. The van der Waals surface area contributed by atoms with Crippen molar-refractivity contribution in [1.29, 1.82) is 0 Å². The van der Waals surface area contributed by atoms with Gasteiger partial charge in [-0.2, -0.15) is 0 Å². The smallest absolute Gasteiger partial charge is 0.325 e. The number of aromatic nitrogens is 1. The normalized spacial score (nSPS) is 11.9. The second kappa shape index (κ2) is 6.19. The summed E-state index contributed by atoms with van der Waals surface area (Å²) in [5.74, 6) is -1.06. The van der Waals surface area contributed by atoms with Crippen LogP contribution in [0.3, 0.4) is 0 Å². The first-order valence-corrected chi connectivity index (χ1v) is 6.05. The van der Waals surface area contributed by atoms with Crippen LogP contribution in [0, 0.1) is 6.92 Å². The van der Waals surface area contributed by atoms with Crippen LogP contribution in [-0.4, -0.2) is 34.7 Å². The molecular weight excluding hydrogens is 242 g/mol. The summed E-state index contributed by atoms with van der Waals surface area (Å²) in [5.41, 5.74) is 0.930. The Morgan fingerprint density at radius 1 is 1.59 bits per heavy atom. The number of amides is 2. The van der Waals surface area contributed by atoms with Gasteiger partial charge >= 0.3 is 12.0 Å². The van der Waals surface area contributed by atoms with E-state index in [0.29, 0.717) is 13.0 Å². The predicted molar refractivity (Wildman–Crippen MR) is 64.2 cm³/mol. The van der Waals surface area contributed by atoms with Crippen LogP contribution in [0.15, 0.2) is 5.38 Å². The van der Waals surface area contributed by atoms with E-state index in [1.807, 2.05) is 12.3 Å². The molecule has 0 spiro atoms. The number of aliphatic carboxylic acids is 1. The molecule has 0 aliphatic carbocycles. The molecule has 0 unspecified atom stereocenters. The highest BCUT2D eigenvalue weighted by Gasteiger charge is 2.13. The maximum atomic E-state index is 11.2. The van der Waals surface area contributed by atoms with Gasteiger partial charge < -0.3 is 15.7 Å². The third-order valence-corrected chi connectivity index (χ3v) is 2.87. The third-order valence-electron chi connectivity index (χ3n) is 2.05. The van der Waals surface area contributed by atoms with Crippen LogP contribution in [0.5, 0.6) is 0 Å². The van der Waals surface area contributed by atoms with Crippen LogP contribution in [0.2, 0.25) is 0 Å². The number of nitrogens with one attached hydrogen (secondary N) is 2. The second-order valence-electron chi connectivity index (χ2n) is 3.57. The highest BCUT2D eigenvalue weighted by molar-refractivity contribution is 7.09. The van der Waals surface area contributed by atoms with Gasteiger partial charge in [0.1, 0.15) is 6.04 Å². The summed E-state index contributed by atoms with van der Waals surface area (Å²) in [4.78, 5) is 26.0. The molecule has 94 valence electrons. The summed E-state index contributed by atoms with van der Waals surface area (Å²) in [6.07, 6.45) is 0.638. The summed E-state index contributed by atoms with van der Waals surface area (Å²) >= 11 is 1.56. The molecule has 0 aromatic carbocycles. The molecule has 0 aliphatic rings. The minimum atomic E-state index is -1.06. The van der Waals surface area contributed by atoms with Crippen LogP contribution in [-0.2, 0) is 11.2 Å². The van der Waals surface area contributed by atoms with Gasteiger partial charge in [0.05, 0.1) is 10.7 Å². The fraction of sp³-hybridized carbons (Fsp3) is 0.500. The summed E-state index contributed by atoms with van der Waals surface area (Å²) in [7, 11) is 0. The Labute approximate surface area is 103 Å². The fourth-order valence-corrected chi connectivity index (χ4v) is 1.78. The fourth-order valence-electron chi connectivity index (χ4n) is 1.14. The van der Waals surface area contributed by atoms with E-state index in [1.165, 1.54) is 6.92 Å². The lowest BCUT2D eigenvalue weighted by atomic mass is 10.3. The summed E-state index contributed by atoms with van der Waals surface area (Å²) < 4.78 is 0. The van der Waals surface area contributed by atoms with Crippen LogP contribution in [0.25, 0.3) is 0 Å². The van der Waals surface area contributed by atoms with E-state index < -0.39 is 18.0 Å². The molecule has 0 aliphatic heterocycles. The molecule has 7 heteroatoms. The monoisotopic (exact) mass is 257 g/mol. The molecule has 1 rings (SSSR count). The Morgan fingerprint density at radius 3 is 2.82 bits per heavy atom. The van der Waals surface area contributed by atoms with Gasteiger partial charge in [0.15, 0.2) is 0 Å². The average molecular weight is 257 g/mol. The second-order valence-corrected chi connectivity index (χ2v) is 4.63. The molecule has 1 aromatic heterocycles. The van der Waals surface area contributed by atoms with Crippen molar-refractivity contribution in [2.45, 2.75) is 26.3 Å². The maximum absolute atomic E-state index is 11.2. The van der Waals surface area contributed by atoms with Gasteiger partial charge in [0, 0.05) is 18.3 Å². The van der Waals surface area contributed by atoms with Crippen molar-refractivity contribution < 1.29 is 14.7 Å². The Kier molecular flexibility index (Phi) is 4.89. The number of urea groups is 1. The first kappa shape index (κ1) is 13.4. The molecule has 1 heterocycles. The first-order valence-electron chi connectivity index (χ1n) is 5.17. The lowest BCUT2D eigenvalue weighted by Crippen LogP contribution is -2.44. The molecular formula is C10H15N3O3S. The van der Waals surface area contributed by atoms with Crippen molar-refractivity contribution >= 4 is 23.3 Å². The van der Waals surface area contributed by atoms with Gasteiger partial charge in [-0.1, -0.05) is 0 Å². The highest BCUT2D eigenvalue weighted by atomic mass is 32.1. The number of nitrogens with zero attached hydrogens (tertiary/aromatic N) is 1. The molecule has 0 bridgehead atoms. The quantitative estimate of drug-likeness (QED) is 0.726. The lowest BCUT2D eigenvalue weighted by Gasteiger charge is -2.09. The number of hydrogen-bond acceptors (Lipinski definition) is 4. The number of hydrogen-bond donors (Lipinski definition) is 3. The van der Waals surface area contributed by atoms with E-state index in [4.69, 9.17) is 5.11 Å². The minimum absolute atomic E-state index is 0.432. The van der Waals surface area contributed by atoms with E-state index in [0.717, 1.165) is 10.7 Å². The zero-order valence-electron chi connectivity index (χ0n) is 9.69. The van der Waals surface area contributed by atoms with Crippen molar-refractivity contribution in [2.24, 2.45) is 0 Å². The lowest BCUT2D eigenvalue weighted by molar-refractivity contribution is -0.138. The molecule has 2 amide bonds. The number of carboxylic acid groups (broad SMARTS) is 1. The minimum Gasteiger partial charge on any atom is -0.480 e. The van der Waals surface area contributed by atoms with Crippen molar-refractivity contribution in [2.75, 3.05) is 6.54 Å². The molecule has 0 fully saturated rings. The largest absolute Gasteiger partial charge is 0.480 e. The van der Waals surface area contributed by atoms with Crippen molar-refractivity contribution in [3.8, 4) is 0 Å². The van der Waals surface area contributed by atoms with Gasteiger partial charge in [-0.15, -0.1) is 11.3 Å². The number of rotatable bonds is 5. The van der Waals surface area contributed by atoms with E-state index in [1.54, 1.807) is 11.3 Å². The van der Waals surface area contributed by atoms with Crippen LogP contribution in [0.1, 0.15) is 17.6 Å². The van der Waals surface area contributed by atoms with Crippen molar-refractivity contribution in [3.63, 3.8) is 0 Å². The molecule has 0 radical (unpaired) electrons. The van der Waals surface area contributed by atoms with Crippen LogP contribution < -0.4 is 10.6 Å². The number of aryl methyl sites for hydroxylation is 1. The van der Waals surface area contributed by atoms with Gasteiger partial charge in [-0.3, -0.25) is 4.79 Å². The Morgan fingerprint density at radius 2 is 2.29 bits per heavy atom. The molecule has 6 nitrogen and oxygen atoms in total. The first-order chi connectivity index (χ1) is 7.99.